The van der Waals surface area contributed by atoms with E-state index in [-0.39, 0.29) is 24.3 Å². The van der Waals surface area contributed by atoms with Crippen molar-refractivity contribution in [3.63, 3.8) is 0 Å². The minimum absolute atomic E-state index is 0.0809. The van der Waals surface area contributed by atoms with Gasteiger partial charge in [0.2, 0.25) is 5.91 Å². The van der Waals surface area contributed by atoms with E-state index < -0.39 is 0 Å². The van der Waals surface area contributed by atoms with Crippen molar-refractivity contribution in [3.05, 3.63) is 65.0 Å². The second-order valence-electron chi connectivity index (χ2n) is 6.07. The van der Waals surface area contributed by atoms with Crippen LogP contribution in [0.1, 0.15) is 35.6 Å². The predicted octanol–water partition coefficient (Wildman–Crippen LogP) is 2.81. The molecule has 0 bridgehead atoms. The van der Waals surface area contributed by atoms with E-state index in [0.29, 0.717) is 12.3 Å². The molecule has 1 amide bonds. The molecule has 4 nitrogen and oxygen atoms in total. The zero-order valence-corrected chi connectivity index (χ0v) is 13.4. The summed E-state index contributed by atoms with van der Waals surface area (Å²) < 4.78 is 12.8. The van der Waals surface area contributed by atoms with Crippen LogP contribution in [0.3, 0.4) is 0 Å². The maximum Gasteiger partial charge on any atom is 0.234 e. The van der Waals surface area contributed by atoms with Crippen molar-refractivity contribution in [2.24, 2.45) is 0 Å². The number of carbonyl (C=O) groups is 1. The van der Waals surface area contributed by atoms with Crippen LogP contribution >= 0.6 is 0 Å². The number of carbonyl (C=O) groups excluding carboxylic acids is 1. The van der Waals surface area contributed by atoms with Gasteiger partial charge in [-0.25, -0.2) is 4.39 Å². The third-order valence-corrected chi connectivity index (χ3v) is 4.39. The van der Waals surface area contributed by atoms with E-state index in [9.17, 15) is 14.3 Å². The van der Waals surface area contributed by atoms with Crippen LogP contribution in [0.15, 0.2) is 42.5 Å². The number of hydrogen-bond donors (Lipinski definition) is 3. The number of phenols is 1. The number of rotatable bonds is 5. The SMILES string of the molecule is O=C(CNC1CCCc2c(O)cccc21)NCc1ccc(F)cc1. The third-order valence-electron chi connectivity index (χ3n) is 4.39. The van der Waals surface area contributed by atoms with E-state index in [4.69, 9.17) is 0 Å². The summed E-state index contributed by atoms with van der Waals surface area (Å²) >= 11 is 0. The number of phenolic OH excluding ortho intramolecular Hbond substituents is 1. The normalized spacial score (nSPS) is 16.5. The van der Waals surface area contributed by atoms with Gasteiger partial charge in [-0.15, -0.1) is 0 Å². The van der Waals surface area contributed by atoms with Gasteiger partial charge in [0, 0.05) is 12.6 Å². The molecule has 0 spiro atoms. The Morgan fingerprint density at radius 2 is 2.00 bits per heavy atom. The van der Waals surface area contributed by atoms with E-state index in [1.807, 2.05) is 12.1 Å². The molecule has 0 fully saturated rings. The summed E-state index contributed by atoms with van der Waals surface area (Å²) in [5, 5.41) is 16.0. The molecular formula is C19H21FN2O2. The molecule has 0 radical (unpaired) electrons. The molecule has 1 aliphatic rings. The molecule has 0 aliphatic heterocycles. The van der Waals surface area contributed by atoms with Crippen molar-refractivity contribution in [2.75, 3.05) is 6.54 Å². The quantitative estimate of drug-likeness (QED) is 0.791. The Bertz CT molecular complexity index is 716. The summed E-state index contributed by atoms with van der Waals surface area (Å²) in [6.45, 7) is 0.587. The molecule has 0 aromatic heterocycles. The Morgan fingerprint density at radius 3 is 2.79 bits per heavy atom. The fourth-order valence-corrected chi connectivity index (χ4v) is 3.12. The molecule has 5 heteroatoms. The Hall–Kier alpha value is -2.40. The summed E-state index contributed by atoms with van der Waals surface area (Å²) in [5.74, 6) is -0.0580. The largest absolute Gasteiger partial charge is 0.508 e. The van der Waals surface area contributed by atoms with Gasteiger partial charge in [0.1, 0.15) is 11.6 Å². The summed E-state index contributed by atoms with van der Waals surface area (Å²) in [4.78, 5) is 12.0. The molecule has 24 heavy (non-hydrogen) atoms. The number of fused-ring (bicyclic) bond motifs is 1. The third kappa shape index (κ3) is 3.92. The molecular weight excluding hydrogens is 307 g/mol. The van der Waals surface area contributed by atoms with Crippen molar-refractivity contribution >= 4 is 5.91 Å². The Labute approximate surface area is 140 Å². The second kappa shape index (κ2) is 7.45. The van der Waals surface area contributed by atoms with Crippen LogP contribution in [0.5, 0.6) is 5.75 Å². The topological polar surface area (TPSA) is 61.4 Å². The summed E-state index contributed by atoms with van der Waals surface area (Å²) in [6.07, 6.45) is 2.80. The first-order valence-corrected chi connectivity index (χ1v) is 8.19. The molecule has 0 saturated heterocycles. The maximum absolute atomic E-state index is 12.8. The lowest BCUT2D eigenvalue weighted by atomic mass is 9.87. The van der Waals surface area contributed by atoms with E-state index in [1.54, 1.807) is 18.2 Å². The number of hydrogen-bond acceptors (Lipinski definition) is 3. The molecule has 1 atom stereocenters. The maximum atomic E-state index is 12.8. The highest BCUT2D eigenvalue weighted by atomic mass is 19.1. The van der Waals surface area contributed by atoms with Crippen LogP contribution < -0.4 is 10.6 Å². The lowest BCUT2D eigenvalue weighted by Gasteiger charge is -2.26. The minimum atomic E-state index is -0.286. The zero-order valence-electron chi connectivity index (χ0n) is 13.4. The molecule has 1 unspecified atom stereocenters. The van der Waals surface area contributed by atoms with Crippen LogP contribution in [0.25, 0.3) is 0 Å². The molecule has 2 aromatic carbocycles. The first kappa shape index (κ1) is 16.5. The van der Waals surface area contributed by atoms with Gasteiger partial charge in [-0.05, 0) is 54.2 Å². The van der Waals surface area contributed by atoms with Gasteiger partial charge < -0.3 is 15.7 Å². The molecule has 3 rings (SSSR count). The minimum Gasteiger partial charge on any atom is -0.508 e. The molecule has 0 heterocycles. The fourth-order valence-electron chi connectivity index (χ4n) is 3.12. The van der Waals surface area contributed by atoms with Crippen molar-refractivity contribution < 1.29 is 14.3 Å². The molecule has 3 N–H and O–H groups in total. The lowest BCUT2D eigenvalue weighted by molar-refractivity contribution is -0.120. The highest BCUT2D eigenvalue weighted by Gasteiger charge is 2.22. The number of amides is 1. The zero-order chi connectivity index (χ0) is 16.9. The van der Waals surface area contributed by atoms with Crippen molar-refractivity contribution in [1.82, 2.24) is 10.6 Å². The molecule has 126 valence electrons. The van der Waals surface area contributed by atoms with Crippen LogP contribution in [0.2, 0.25) is 0 Å². The van der Waals surface area contributed by atoms with E-state index in [2.05, 4.69) is 10.6 Å². The second-order valence-corrected chi connectivity index (χ2v) is 6.07. The monoisotopic (exact) mass is 328 g/mol. The van der Waals surface area contributed by atoms with Gasteiger partial charge in [0.05, 0.1) is 6.54 Å². The summed E-state index contributed by atoms with van der Waals surface area (Å²) in [6, 6.07) is 11.7. The molecule has 2 aromatic rings. The number of aromatic hydroxyl groups is 1. The number of benzene rings is 2. The fraction of sp³-hybridized carbons (Fsp3) is 0.316. The van der Waals surface area contributed by atoms with Gasteiger partial charge in [0.15, 0.2) is 0 Å². The molecule has 0 saturated carbocycles. The summed E-state index contributed by atoms with van der Waals surface area (Å²) in [7, 11) is 0. The van der Waals surface area contributed by atoms with E-state index in [0.717, 1.165) is 36.0 Å². The summed E-state index contributed by atoms with van der Waals surface area (Å²) in [5.41, 5.74) is 2.92. The van der Waals surface area contributed by atoms with Crippen LogP contribution in [0, 0.1) is 5.82 Å². The van der Waals surface area contributed by atoms with Crippen molar-refractivity contribution in [3.8, 4) is 5.75 Å². The average molecular weight is 328 g/mol. The average Bonchev–Trinajstić information content (AvgIpc) is 2.60. The Kier molecular flexibility index (Phi) is 5.11. The van der Waals surface area contributed by atoms with Crippen molar-refractivity contribution in [2.45, 2.75) is 31.8 Å². The van der Waals surface area contributed by atoms with Gasteiger partial charge in [-0.3, -0.25) is 4.79 Å². The lowest BCUT2D eigenvalue weighted by Crippen LogP contribution is -2.36. The van der Waals surface area contributed by atoms with Gasteiger partial charge in [-0.2, -0.15) is 0 Å². The van der Waals surface area contributed by atoms with E-state index in [1.165, 1.54) is 12.1 Å². The Morgan fingerprint density at radius 1 is 1.21 bits per heavy atom. The first-order valence-electron chi connectivity index (χ1n) is 8.19. The number of nitrogens with one attached hydrogen (secondary N) is 2. The van der Waals surface area contributed by atoms with E-state index >= 15 is 0 Å². The van der Waals surface area contributed by atoms with Gasteiger partial charge in [0.25, 0.3) is 0 Å². The standard InChI is InChI=1S/C19H21FN2O2/c20-14-9-7-13(8-10-14)11-22-19(24)12-21-17-5-1-4-16-15(17)3-2-6-18(16)23/h2-3,6-10,17,21,23H,1,4-5,11-12H2,(H,22,24). The first-order chi connectivity index (χ1) is 11.6. The molecule has 1 aliphatic carbocycles. The van der Waals surface area contributed by atoms with Gasteiger partial charge in [-0.1, -0.05) is 24.3 Å². The highest BCUT2D eigenvalue weighted by Crippen LogP contribution is 2.34. The smallest absolute Gasteiger partial charge is 0.234 e. The van der Waals surface area contributed by atoms with Crippen molar-refractivity contribution in [1.29, 1.82) is 0 Å². The number of halogens is 1. The van der Waals surface area contributed by atoms with Crippen LogP contribution in [-0.4, -0.2) is 17.6 Å². The van der Waals surface area contributed by atoms with Crippen LogP contribution in [0.4, 0.5) is 4.39 Å². The van der Waals surface area contributed by atoms with Crippen LogP contribution in [-0.2, 0) is 17.8 Å². The predicted molar refractivity (Wildman–Crippen MR) is 90.0 cm³/mol. The van der Waals surface area contributed by atoms with Gasteiger partial charge >= 0.3 is 0 Å². The Balaban J connectivity index is 1.52. The highest BCUT2D eigenvalue weighted by molar-refractivity contribution is 5.78.